The zero-order valence-electron chi connectivity index (χ0n) is 4.13. The van der Waals surface area contributed by atoms with Gasteiger partial charge in [0.15, 0.2) is 0 Å². The van der Waals surface area contributed by atoms with Crippen LogP contribution in [0.25, 0.3) is 0 Å². The molecule has 0 aromatic heterocycles. The van der Waals surface area contributed by atoms with Crippen molar-refractivity contribution in [3.63, 3.8) is 0 Å². The Balaban J connectivity index is -0.00000000567. The van der Waals surface area contributed by atoms with Crippen LogP contribution in [0.1, 0.15) is 0 Å². The van der Waals surface area contributed by atoms with Gasteiger partial charge in [0.05, 0.1) is 0 Å². The third kappa shape index (κ3) is 480. The van der Waals surface area contributed by atoms with Gasteiger partial charge in [-0.3, -0.25) is 8.92 Å². The van der Waals surface area contributed by atoms with Crippen LogP contribution < -0.4 is 0 Å². The second-order valence-electron chi connectivity index (χ2n) is 0.0833. The fraction of sp³-hybridized carbons (Fsp3) is 1.00. The van der Waals surface area contributed by atoms with E-state index >= 15 is 0 Å². The molecule has 4 nitrogen and oxygen atoms in total. The van der Waals surface area contributed by atoms with Crippen LogP contribution in [0.4, 0.5) is 0 Å². The maximum absolute atomic E-state index is 8.40. The van der Waals surface area contributed by atoms with Crippen molar-refractivity contribution >= 4 is 19.5 Å². The SMILES string of the molecule is C[Si+3].O=[Si]=O.[O-2].[O-2].[Ti+4]. The zero-order valence-corrected chi connectivity index (χ0v) is 7.69. The van der Waals surface area contributed by atoms with E-state index in [9.17, 15) is 0 Å². The van der Waals surface area contributed by atoms with E-state index in [1.807, 2.05) is 0 Å². The average molecular weight is 183 g/mol. The van der Waals surface area contributed by atoms with Crippen molar-refractivity contribution in [2.45, 2.75) is 6.55 Å². The number of rotatable bonds is 0. The predicted octanol–water partition coefficient (Wildman–Crippen LogP) is -0.655. The van der Waals surface area contributed by atoms with E-state index in [-0.39, 0.29) is 32.7 Å². The molecule has 0 aliphatic rings. The molecular weight excluding hydrogens is 180 g/mol. The van der Waals surface area contributed by atoms with Gasteiger partial charge in [-0.05, 0) is 0 Å². The van der Waals surface area contributed by atoms with Crippen molar-refractivity contribution in [3.8, 4) is 0 Å². The second-order valence-corrected chi connectivity index (χ2v) is 0.250. The quantitative estimate of drug-likeness (QED) is 0.466. The minimum absolute atomic E-state index is 0. The minimum Gasteiger partial charge on any atom is -2.00 e. The molecule has 0 amide bonds. The fourth-order valence-corrected chi connectivity index (χ4v) is 0. The first-order chi connectivity index (χ1) is 2.41. The predicted molar refractivity (Wildman–Crippen MR) is 20.1 cm³/mol. The maximum Gasteiger partial charge on any atom is 4.00 e. The third-order valence-electron chi connectivity index (χ3n) is 0. The summed E-state index contributed by atoms with van der Waals surface area (Å²) in [6.07, 6.45) is 0. The summed E-state index contributed by atoms with van der Waals surface area (Å²) in [5.41, 5.74) is 0. The molecule has 0 spiro atoms. The summed E-state index contributed by atoms with van der Waals surface area (Å²) in [5, 5.41) is 0. The van der Waals surface area contributed by atoms with Gasteiger partial charge in [0.25, 0.3) is 0 Å². The Labute approximate surface area is 67.9 Å². The molecule has 40 valence electrons. The van der Waals surface area contributed by atoms with Gasteiger partial charge in [-0.25, -0.2) is 0 Å². The van der Waals surface area contributed by atoms with Crippen molar-refractivity contribution in [2.24, 2.45) is 0 Å². The Morgan fingerprint density at radius 3 is 1.12 bits per heavy atom. The molecule has 0 atom stereocenters. The summed E-state index contributed by atoms with van der Waals surface area (Å²) in [5.74, 6) is 0. The first-order valence-electron chi connectivity index (χ1n) is 0.908. The van der Waals surface area contributed by atoms with Gasteiger partial charge in [0, 0.05) is 0 Å². The average Bonchev–Trinajstić information content (AvgIpc) is 1.46. The fourth-order valence-electron chi connectivity index (χ4n) is 0. The van der Waals surface area contributed by atoms with Gasteiger partial charge in [-0.2, -0.15) is 0 Å². The van der Waals surface area contributed by atoms with Crippen LogP contribution in [-0.4, -0.2) is 19.5 Å². The molecule has 0 unspecified atom stereocenters. The van der Waals surface area contributed by atoms with Crippen molar-refractivity contribution < 1.29 is 41.6 Å². The molecule has 0 aliphatic heterocycles. The van der Waals surface area contributed by atoms with E-state index < -0.39 is 9.29 Å². The van der Waals surface area contributed by atoms with Crippen LogP contribution >= 0.6 is 0 Å². The summed E-state index contributed by atoms with van der Waals surface area (Å²) < 4.78 is 16.8. The Bertz CT molecular complexity index is 35.0. The minimum atomic E-state index is -1.42. The van der Waals surface area contributed by atoms with Crippen LogP contribution in [0.2, 0.25) is 6.55 Å². The molecule has 0 radical (unpaired) electrons. The van der Waals surface area contributed by atoms with Crippen molar-refractivity contribution in [1.29, 1.82) is 0 Å². The molecule has 0 bridgehead atoms. The van der Waals surface area contributed by atoms with Crippen molar-refractivity contribution in [2.75, 3.05) is 0 Å². The Morgan fingerprint density at radius 1 is 1.12 bits per heavy atom. The van der Waals surface area contributed by atoms with Crippen molar-refractivity contribution in [1.82, 2.24) is 0 Å². The molecule has 0 fully saturated rings. The first-order valence-corrected chi connectivity index (χ1v) is 2.72. The van der Waals surface area contributed by atoms with Gasteiger partial charge >= 0.3 is 47.8 Å². The van der Waals surface area contributed by atoms with E-state index in [4.69, 9.17) is 8.92 Å². The third-order valence-corrected chi connectivity index (χ3v) is 0. The standard InChI is InChI=1S/CH3Si.O2Si.2O.Ti/c1-2;1-3-2;;;/h1H3;;;;/q+3;;2*-2;+4. The Morgan fingerprint density at radius 2 is 1.12 bits per heavy atom. The summed E-state index contributed by atoms with van der Waals surface area (Å²) in [4.78, 5) is 0. The van der Waals surface area contributed by atoms with Gasteiger partial charge in [-0.15, -0.1) is 0 Å². The van der Waals surface area contributed by atoms with E-state index in [2.05, 4.69) is 10.2 Å². The van der Waals surface area contributed by atoms with E-state index in [0.717, 1.165) is 0 Å². The van der Waals surface area contributed by atoms with Gasteiger partial charge in [-0.1, -0.05) is 0 Å². The molecule has 0 aromatic rings. The molecule has 8 heavy (non-hydrogen) atoms. The first kappa shape index (κ1) is 37.9. The van der Waals surface area contributed by atoms with Gasteiger partial charge in [0.2, 0.25) is 0 Å². The maximum atomic E-state index is 8.40. The summed E-state index contributed by atoms with van der Waals surface area (Å²) in [6.45, 7) is 1.81. The van der Waals surface area contributed by atoms with E-state index in [0.29, 0.717) is 0 Å². The van der Waals surface area contributed by atoms with Crippen LogP contribution in [-0.2, 0) is 41.6 Å². The molecule has 0 rings (SSSR count). The second kappa shape index (κ2) is 123. The monoisotopic (exact) mass is 183 g/mol. The summed E-state index contributed by atoms with van der Waals surface area (Å²) in [6, 6.07) is 0. The van der Waals surface area contributed by atoms with Gasteiger partial charge in [0.1, 0.15) is 0 Å². The molecule has 0 saturated heterocycles. The van der Waals surface area contributed by atoms with E-state index in [1.165, 1.54) is 0 Å². The normalized spacial score (nSPS) is 1.88. The molecule has 0 N–H and O–H groups in total. The smallest absolute Gasteiger partial charge is 2.00 e. The molecule has 0 heterocycles. The van der Waals surface area contributed by atoms with E-state index in [1.54, 1.807) is 6.55 Å². The molecular formula is CH3O4Si2Ti+3. The zero-order chi connectivity index (χ0) is 4.71. The van der Waals surface area contributed by atoms with Crippen LogP contribution in [0.3, 0.4) is 0 Å². The van der Waals surface area contributed by atoms with Gasteiger partial charge < -0.3 is 11.0 Å². The Hall–Kier alpha value is 0.668. The number of hydrogen-bond donors (Lipinski definition) is 0. The van der Waals surface area contributed by atoms with Crippen LogP contribution in [0.15, 0.2) is 0 Å². The molecule has 7 heteroatoms. The summed E-state index contributed by atoms with van der Waals surface area (Å²) >= 11 is 0. The molecule has 0 saturated carbocycles. The molecule has 0 aromatic carbocycles. The van der Waals surface area contributed by atoms with Crippen molar-refractivity contribution in [3.05, 3.63) is 0 Å². The number of hydrogen-bond acceptors (Lipinski definition) is 2. The summed E-state index contributed by atoms with van der Waals surface area (Å²) in [7, 11) is 1.56. The topological polar surface area (TPSA) is 91.1 Å². The van der Waals surface area contributed by atoms with Crippen LogP contribution in [0, 0.1) is 0 Å². The molecule has 0 aliphatic carbocycles. The largest absolute Gasteiger partial charge is 4.00 e. The van der Waals surface area contributed by atoms with Crippen LogP contribution in [0.5, 0.6) is 0 Å². The Kier molecular flexibility index (Phi) is 580.